The maximum Gasteiger partial charge on any atom is 0.305 e. The van der Waals surface area contributed by atoms with E-state index in [1.165, 1.54) is 48.4 Å². The molecule has 4 aromatic rings. The third kappa shape index (κ3) is 5.06. The number of non-ortho nitro benzene ring substituents is 1. The number of thiazole rings is 1. The molecule has 2 aliphatic heterocycles. The number of carbonyl (C=O) groups excluding carboxylic acids is 3. The number of rotatable bonds is 8. The van der Waals surface area contributed by atoms with E-state index in [1.54, 1.807) is 30.0 Å². The van der Waals surface area contributed by atoms with Crippen LogP contribution in [0.3, 0.4) is 0 Å². The van der Waals surface area contributed by atoms with Crippen molar-refractivity contribution in [2.75, 3.05) is 23.9 Å². The summed E-state index contributed by atoms with van der Waals surface area (Å²) in [5.41, 5.74) is 1.56. The first kappa shape index (κ1) is 31.1. The second-order valence-electron chi connectivity index (χ2n) is 12.5. The number of H-pyrrole nitrogens is 1. The van der Waals surface area contributed by atoms with E-state index in [1.807, 2.05) is 12.1 Å². The highest BCUT2D eigenvalue weighted by molar-refractivity contribution is 8.00. The second-order valence-corrected chi connectivity index (χ2v) is 14.7. The standard InChI is InChI=1S/C34H28N4O9S2/c1-46-23-12-15(2-11-22(23)47-14-24(40)35-16-3-9-19(39)10-4-16)25-26-20-13-21(29(26)48-31-30(25)49-34(43)36-31)28-27(20)32(41)37(33(28)42)17-5-7-18(8-6-17)38(44)45/h2-12,20-21,25-29,39H,13-14H2,1H3,(H,35,40)(H,36,43)/t20-,21-,25+,26-,27+,28+,29-/m1/s1. The van der Waals surface area contributed by atoms with Gasteiger partial charge < -0.3 is 24.9 Å². The molecule has 4 aliphatic rings. The third-order valence-electron chi connectivity index (χ3n) is 10.1. The molecule has 3 N–H and O–H groups in total. The normalized spacial score (nSPS) is 26.2. The number of nitrogens with zero attached hydrogens (tertiary/aromatic N) is 2. The number of thioether (sulfide) groups is 1. The van der Waals surface area contributed by atoms with Crippen molar-refractivity contribution < 1.29 is 33.9 Å². The van der Waals surface area contributed by atoms with Crippen molar-refractivity contribution in [1.82, 2.24) is 4.98 Å². The fourth-order valence-corrected chi connectivity index (χ4v) is 11.1. The largest absolute Gasteiger partial charge is 0.508 e. The number of ether oxygens (including phenoxy) is 2. The number of fused-ring (bicyclic) bond motifs is 9. The lowest BCUT2D eigenvalue weighted by atomic mass is 9.68. The summed E-state index contributed by atoms with van der Waals surface area (Å²) >= 11 is 2.71. The van der Waals surface area contributed by atoms with Crippen LogP contribution in [0.2, 0.25) is 0 Å². The number of imide groups is 1. The van der Waals surface area contributed by atoms with Gasteiger partial charge in [-0.15, -0.1) is 11.8 Å². The molecule has 2 aliphatic carbocycles. The number of phenolic OH excluding ortho intramolecular Hbond substituents is 1. The van der Waals surface area contributed by atoms with Gasteiger partial charge in [-0.3, -0.25) is 34.2 Å². The van der Waals surface area contributed by atoms with Crippen LogP contribution in [-0.2, 0) is 14.4 Å². The van der Waals surface area contributed by atoms with E-state index in [2.05, 4.69) is 10.3 Å². The molecular weight excluding hydrogens is 673 g/mol. The summed E-state index contributed by atoms with van der Waals surface area (Å²) in [6.45, 7) is -0.293. The summed E-state index contributed by atoms with van der Waals surface area (Å²) in [5.74, 6) is -1.75. The average molecular weight is 701 g/mol. The number of aromatic hydroxyl groups is 1. The maximum absolute atomic E-state index is 14.0. The van der Waals surface area contributed by atoms with Gasteiger partial charge in [0, 0.05) is 33.9 Å². The molecule has 0 spiro atoms. The molecule has 49 heavy (non-hydrogen) atoms. The lowest BCUT2D eigenvalue weighted by Crippen LogP contribution is -2.42. The molecule has 3 fully saturated rings. The summed E-state index contributed by atoms with van der Waals surface area (Å²) in [4.78, 5) is 68.6. The van der Waals surface area contributed by atoms with E-state index < -0.39 is 22.7 Å². The molecule has 8 rings (SSSR count). The first-order chi connectivity index (χ1) is 23.6. The minimum Gasteiger partial charge on any atom is -0.508 e. The molecule has 2 bridgehead atoms. The quantitative estimate of drug-likeness (QED) is 0.100. The number of nitro groups is 1. The van der Waals surface area contributed by atoms with E-state index in [0.717, 1.165) is 26.8 Å². The Morgan fingerprint density at radius 3 is 2.43 bits per heavy atom. The minimum absolute atomic E-state index is 0.0342. The van der Waals surface area contributed by atoms with Crippen LogP contribution in [0.25, 0.3) is 0 Å². The monoisotopic (exact) mass is 700 g/mol. The molecule has 13 nitrogen and oxygen atoms in total. The molecule has 3 aromatic carbocycles. The number of methoxy groups -OCH3 is 1. The lowest BCUT2D eigenvalue weighted by Gasteiger charge is -2.43. The number of nitro benzene ring substituents is 1. The van der Waals surface area contributed by atoms with E-state index >= 15 is 0 Å². The van der Waals surface area contributed by atoms with Crippen molar-refractivity contribution in [3.05, 3.63) is 97.0 Å². The van der Waals surface area contributed by atoms with Crippen LogP contribution < -0.4 is 24.6 Å². The molecular formula is C34H28N4O9S2. The highest BCUT2D eigenvalue weighted by Crippen LogP contribution is 2.68. The van der Waals surface area contributed by atoms with Crippen LogP contribution >= 0.6 is 23.1 Å². The molecule has 3 heterocycles. The number of carbonyl (C=O) groups is 3. The number of aromatic nitrogens is 1. The summed E-state index contributed by atoms with van der Waals surface area (Å²) in [6, 6.07) is 17.0. The fourth-order valence-electron chi connectivity index (χ4n) is 8.25. The molecule has 3 amide bonds. The Morgan fingerprint density at radius 2 is 1.73 bits per heavy atom. The van der Waals surface area contributed by atoms with Crippen molar-refractivity contribution in [3.63, 3.8) is 0 Å². The third-order valence-corrected chi connectivity index (χ3v) is 12.7. The molecule has 2 saturated carbocycles. The summed E-state index contributed by atoms with van der Waals surface area (Å²) in [6.07, 6.45) is 0.702. The van der Waals surface area contributed by atoms with Crippen molar-refractivity contribution in [2.24, 2.45) is 29.6 Å². The lowest BCUT2D eigenvalue weighted by molar-refractivity contribution is -0.384. The topological polar surface area (TPSA) is 181 Å². The number of hydrogen-bond donors (Lipinski definition) is 3. The number of benzene rings is 3. The number of amides is 3. The van der Waals surface area contributed by atoms with Crippen molar-refractivity contribution in [1.29, 1.82) is 0 Å². The Kier molecular flexibility index (Phi) is 7.48. The Morgan fingerprint density at radius 1 is 1.02 bits per heavy atom. The zero-order chi connectivity index (χ0) is 34.1. The molecule has 1 aromatic heterocycles. The zero-order valence-electron chi connectivity index (χ0n) is 25.7. The van der Waals surface area contributed by atoms with Gasteiger partial charge in [0.15, 0.2) is 18.1 Å². The fraction of sp³-hybridized carbons (Fsp3) is 0.294. The first-order valence-corrected chi connectivity index (χ1v) is 17.2. The van der Waals surface area contributed by atoms with E-state index in [4.69, 9.17) is 9.47 Å². The molecule has 15 heteroatoms. The van der Waals surface area contributed by atoms with Gasteiger partial charge in [-0.2, -0.15) is 0 Å². The molecule has 0 radical (unpaired) electrons. The van der Waals surface area contributed by atoms with Gasteiger partial charge in [0.2, 0.25) is 11.8 Å². The smallest absolute Gasteiger partial charge is 0.305 e. The van der Waals surface area contributed by atoms with Gasteiger partial charge in [-0.1, -0.05) is 17.4 Å². The van der Waals surface area contributed by atoms with Crippen LogP contribution in [0.4, 0.5) is 17.1 Å². The Balaban J connectivity index is 1.08. The predicted octanol–water partition coefficient (Wildman–Crippen LogP) is 4.75. The number of hydrogen-bond acceptors (Lipinski definition) is 11. The number of phenols is 1. The minimum atomic E-state index is -0.536. The highest BCUT2D eigenvalue weighted by atomic mass is 32.2. The van der Waals surface area contributed by atoms with Crippen LogP contribution in [-0.4, -0.2) is 51.7 Å². The Bertz CT molecular complexity index is 2080. The van der Waals surface area contributed by atoms with E-state index in [0.29, 0.717) is 29.3 Å². The van der Waals surface area contributed by atoms with Gasteiger partial charge in [0.25, 0.3) is 11.6 Å². The van der Waals surface area contributed by atoms with Crippen LogP contribution in [0.15, 0.2) is 76.6 Å². The van der Waals surface area contributed by atoms with Crippen LogP contribution in [0.5, 0.6) is 17.2 Å². The second kappa shape index (κ2) is 11.8. The SMILES string of the molecule is COc1cc([C@@H]2c3sc(=O)[nH]c3S[C@@H]3[C@@H]4C[C@@H]([C@@H]5C(=O)N(c6ccc([N+](=O)[O-])cc6)C(=O)[C@@H]45)[C@H]23)ccc1OCC(=O)Nc1ccc(O)cc1. The number of nitrogens with one attached hydrogen (secondary N) is 2. The molecule has 0 unspecified atom stereocenters. The molecule has 7 atom stereocenters. The number of anilines is 2. The average Bonchev–Trinajstić information content (AvgIpc) is 3.83. The van der Waals surface area contributed by atoms with Gasteiger partial charge >= 0.3 is 4.87 Å². The van der Waals surface area contributed by atoms with Gasteiger partial charge in [-0.05, 0) is 78.3 Å². The van der Waals surface area contributed by atoms with Gasteiger partial charge in [-0.25, -0.2) is 0 Å². The van der Waals surface area contributed by atoms with E-state index in [-0.39, 0.29) is 63.7 Å². The van der Waals surface area contributed by atoms with Crippen molar-refractivity contribution in [2.45, 2.75) is 22.6 Å². The van der Waals surface area contributed by atoms with Gasteiger partial charge in [0.05, 0.1) is 34.6 Å². The summed E-state index contributed by atoms with van der Waals surface area (Å²) in [5, 5.41) is 24.1. The van der Waals surface area contributed by atoms with Crippen LogP contribution in [0.1, 0.15) is 22.8 Å². The van der Waals surface area contributed by atoms with E-state index in [9.17, 15) is 34.4 Å². The Hall–Kier alpha value is -5.15. The van der Waals surface area contributed by atoms with Crippen LogP contribution in [0, 0.1) is 39.7 Å². The molecule has 250 valence electrons. The summed E-state index contributed by atoms with van der Waals surface area (Å²) < 4.78 is 11.5. The first-order valence-electron chi connectivity index (χ1n) is 15.5. The maximum atomic E-state index is 14.0. The highest BCUT2D eigenvalue weighted by Gasteiger charge is 2.69. The zero-order valence-corrected chi connectivity index (χ0v) is 27.4. The molecule has 1 saturated heterocycles. The van der Waals surface area contributed by atoms with Crippen molar-refractivity contribution >= 4 is 57.9 Å². The van der Waals surface area contributed by atoms with Crippen molar-refractivity contribution in [3.8, 4) is 17.2 Å². The predicted molar refractivity (Wildman–Crippen MR) is 179 cm³/mol. The van der Waals surface area contributed by atoms with Gasteiger partial charge in [0.1, 0.15) is 5.75 Å². The number of aromatic amines is 1. The Labute approximate surface area is 286 Å². The summed E-state index contributed by atoms with van der Waals surface area (Å²) in [7, 11) is 1.50.